The van der Waals surface area contributed by atoms with Gasteiger partial charge in [0, 0.05) is 13.2 Å². The molecule has 0 bridgehead atoms. The number of hydrogen-bond acceptors (Lipinski definition) is 7. The number of rotatable bonds is 12. The Kier molecular flexibility index (Phi) is 18.4. The Bertz CT molecular complexity index is 247. The molecule has 8 nitrogen and oxygen atoms in total. The molecule has 0 aliphatic heterocycles. The van der Waals surface area contributed by atoms with Gasteiger partial charge in [-0.15, -0.1) is 0 Å². The monoisotopic (exact) mass is 338 g/mol. The first-order valence-electron chi connectivity index (χ1n) is 7.88. The number of nitrogens with two attached hydrogens (primary N) is 2. The van der Waals surface area contributed by atoms with E-state index in [9.17, 15) is 4.79 Å². The lowest BCUT2D eigenvalue weighted by molar-refractivity contribution is 0.0143. The second-order valence-electron chi connectivity index (χ2n) is 5.60. The van der Waals surface area contributed by atoms with E-state index in [1.165, 1.54) is 0 Å². The summed E-state index contributed by atoms with van der Waals surface area (Å²) in [7, 11) is 0. The standard InChI is InChI=1S/C10H24N2O3.C5H10O3/c11-3-1-5-13-7-9-15-10-8-14-6-2-4-12;1-5(2,3)8-4(6)7/h1-12H2;1-3H3,(H,6,7). The molecule has 0 heterocycles. The molecule has 23 heavy (non-hydrogen) atoms. The number of hydrogen-bond donors (Lipinski definition) is 3. The summed E-state index contributed by atoms with van der Waals surface area (Å²) in [4.78, 5) is 9.79. The second kappa shape index (κ2) is 17.4. The van der Waals surface area contributed by atoms with Crippen molar-refractivity contribution in [3.8, 4) is 0 Å². The smallest absolute Gasteiger partial charge is 0.450 e. The zero-order valence-electron chi connectivity index (χ0n) is 14.7. The molecule has 0 saturated carbocycles. The lowest BCUT2D eigenvalue weighted by atomic mass is 10.2. The van der Waals surface area contributed by atoms with Crippen LogP contribution in [0.1, 0.15) is 33.6 Å². The third kappa shape index (κ3) is 29.7. The van der Waals surface area contributed by atoms with E-state index in [0.29, 0.717) is 52.7 Å². The minimum Gasteiger partial charge on any atom is -0.450 e. The third-order valence-corrected chi connectivity index (χ3v) is 2.12. The van der Waals surface area contributed by atoms with Crippen LogP contribution in [0.3, 0.4) is 0 Å². The zero-order chi connectivity index (χ0) is 18.0. The van der Waals surface area contributed by atoms with Crippen LogP contribution in [0.5, 0.6) is 0 Å². The maximum Gasteiger partial charge on any atom is 0.506 e. The minimum atomic E-state index is -1.22. The van der Waals surface area contributed by atoms with Crippen molar-refractivity contribution in [2.75, 3.05) is 52.7 Å². The van der Waals surface area contributed by atoms with Crippen molar-refractivity contribution in [1.29, 1.82) is 0 Å². The molecule has 0 rings (SSSR count). The first-order chi connectivity index (χ1) is 10.8. The highest BCUT2D eigenvalue weighted by Gasteiger charge is 2.13. The highest BCUT2D eigenvalue weighted by atomic mass is 16.7. The van der Waals surface area contributed by atoms with Crippen molar-refractivity contribution < 1.29 is 28.8 Å². The van der Waals surface area contributed by atoms with Gasteiger partial charge in [0.05, 0.1) is 26.4 Å². The largest absolute Gasteiger partial charge is 0.506 e. The van der Waals surface area contributed by atoms with Gasteiger partial charge in [0.2, 0.25) is 0 Å². The zero-order valence-corrected chi connectivity index (χ0v) is 14.7. The molecular weight excluding hydrogens is 304 g/mol. The van der Waals surface area contributed by atoms with Crippen molar-refractivity contribution in [2.24, 2.45) is 11.5 Å². The Morgan fingerprint density at radius 3 is 1.39 bits per heavy atom. The van der Waals surface area contributed by atoms with E-state index in [4.69, 9.17) is 30.8 Å². The Balaban J connectivity index is 0. The second-order valence-corrected chi connectivity index (χ2v) is 5.60. The van der Waals surface area contributed by atoms with Crippen LogP contribution in [0.15, 0.2) is 0 Å². The molecule has 0 radical (unpaired) electrons. The van der Waals surface area contributed by atoms with Crippen LogP contribution < -0.4 is 11.5 Å². The summed E-state index contributed by atoms with van der Waals surface area (Å²) in [6.07, 6.45) is 0.585. The lowest BCUT2D eigenvalue weighted by Crippen LogP contribution is -2.22. The van der Waals surface area contributed by atoms with Gasteiger partial charge in [-0.2, -0.15) is 0 Å². The molecule has 5 N–H and O–H groups in total. The minimum absolute atomic E-state index is 0.578. The van der Waals surface area contributed by atoms with Crippen molar-refractivity contribution >= 4 is 6.16 Å². The molecule has 0 amide bonds. The summed E-state index contributed by atoms with van der Waals surface area (Å²) < 4.78 is 20.1. The maximum atomic E-state index is 9.79. The van der Waals surface area contributed by atoms with Gasteiger partial charge in [-0.25, -0.2) is 4.79 Å². The summed E-state index contributed by atoms with van der Waals surface area (Å²) in [6, 6.07) is 0. The third-order valence-electron chi connectivity index (χ3n) is 2.12. The Morgan fingerprint density at radius 1 is 0.826 bits per heavy atom. The van der Waals surface area contributed by atoms with E-state index in [0.717, 1.165) is 12.8 Å². The van der Waals surface area contributed by atoms with Gasteiger partial charge >= 0.3 is 6.16 Å². The van der Waals surface area contributed by atoms with E-state index >= 15 is 0 Å². The fourth-order valence-corrected chi connectivity index (χ4v) is 1.17. The van der Waals surface area contributed by atoms with Crippen LogP contribution in [0.25, 0.3) is 0 Å². The number of ether oxygens (including phenoxy) is 4. The van der Waals surface area contributed by atoms with Crippen LogP contribution in [0.2, 0.25) is 0 Å². The van der Waals surface area contributed by atoms with E-state index in [2.05, 4.69) is 4.74 Å². The SMILES string of the molecule is CC(C)(C)OC(=O)O.NCCCOCCOCCOCCCN. The molecule has 0 fully saturated rings. The summed E-state index contributed by atoms with van der Waals surface area (Å²) in [5.41, 5.74) is 10.0. The molecule has 0 aromatic heterocycles. The van der Waals surface area contributed by atoms with Crippen molar-refractivity contribution in [3.05, 3.63) is 0 Å². The Labute approximate surface area is 139 Å². The summed E-state index contributed by atoms with van der Waals surface area (Å²) in [5, 5.41) is 8.03. The fraction of sp³-hybridized carbons (Fsp3) is 0.933. The van der Waals surface area contributed by atoms with Gasteiger partial charge in [0.15, 0.2) is 0 Å². The van der Waals surface area contributed by atoms with Gasteiger partial charge in [0.1, 0.15) is 5.60 Å². The molecule has 8 heteroatoms. The molecule has 0 aromatic rings. The molecule has 0 spiro atoms. The van der Waals surface area contributed by atoms with Gasteiger partial charge in [-0.1, -0.05) is 0 Å². The molecule has 0 aliphatic carbocycles. The van der Waals surface area contributed by atoms with Crippen molar-refractivity contribution in [2.45, 2.75) is 39.2 Å². The first-order valence-corrected chi connectivity index (χ1v) is 7.88. The topological polar surface area (TPSA) is 126 Å². The Hall–Kier alpha value is -0.930. The maximum absolute atomic E-state index is 9.79. The van der Waals surface area contributed by atoms with Gasteiger partial charge in [0.25, 0.3) is 0 Å². The van der Waals surface area contributed by atoms with Gasteiger partial charge in [-0.05, 0) is 46.7 Å². The normalized spacial score (nSPS) is 10.8. The molecule has 0 aromatic carbocycles. The van der Waals surface area contributed by atoms with E-state index in [1.54, 1.807) is 20.8 Å². The lowest BCUT2D eigenvalue weighted by Gasteiger charge is -2.15. The fourth-order valence-electron chi connectivity index (χ4n) is 1.17. The number of carboxylic acid groups (broad SMARTS) is 1. The molecular formula is C15H34N2O6. The number of carbonyl (C=O) groups is 1. The summed E-state index contributed by atoms with van der Waals surface area (Å²) in [6.45, 7) is 10.3. The van der Waals surface area contributed by atoms with E-state index in [1.807, 2.05) is 0 Å². The predicted molar refractivity (Wildman–Crippen MR) is 88.7 cm³/mol. The highest BCUT2D eigenvalue weighted by Crippen LogP contribution is 2.05. The van der Waals surface area contributed by atoms with Crippen LogP contribution in [-0.2, 0) is 18.9 Å². The average molecular weight is 338 g/mol. The van der Waals surface area contributed by atoms with E-state index in [-0.39, 0.29) is 0 Å². The van der Waals surface area contributed by atoms with E-state index < -0.39 is 11.8 Å². The van der Waals surface area contributed by atoms with Crippen LogP contribution in [-0.4, -0.2) is 69.6 Å². The van der Waals surface area contributed by atoms with Gasteiger partial charge < -0.3 is 35.5 Å². The van der Waals surface area contributed by atoms with Crippen LogP contribution >= 0.6 is 0 Å². The molecule has 0 atom stereocenters. The molecule has 0 aliphatic rings. The van der Waals surface area contributed by atoms with Crippen LogP contribution in [0, 0.1) is 0 Å². The van der Waals surface area contributed by atoms with Crippen molar-refractivity contribution in [1.82, 2.24) is 0 Å². The summed E-state index contributed by atoms with van der Waals surface area (Å²) in [5.74, 6) is 0. The van der Waals surface area contributed by atoms with Crippen molar-refractivity contribution in [3.63, 3.8) is 0 Å². The van der Waals surface area contributed by atoms with Crippen LogP contribution in [0.4, 0.5) is 4.79 Å². The van der Waals surface area contributed by atoms with Gasteiger partial charge in [-0.3, -0.25) is 0 Å². The summed E-state index contributed by atoms with van der Waals surface area (Å²) >= 11 is 0. The molecule has 140 valence electrons. The molecule has 0 saturated heterocycles. The highest BCUT2D eigenvalue weighted by molar-refractivity contribution is 5.57. The average Bonchev–Trinajstić information content (AvgIpc) is 2.43. The molecule has 0 unspecified atom stereocenters. The quantitative estimate of drug-likeness (QED) is 0.358. The Morgan fingerprint density at radius 2 is 1.17 bits per heavy atom. The predicted octanol–water partition coefficient (Wildman–Crippen LogP) is 1.21. The first kappa shape index (κ1) is 24.3.